The summed E-state index contributed by atoms with van der Waals surface area (Å²) in [4.78, 5) is 54.6. The van der Waals surface area contributed by atoms with Crippen molar-refractivity contribution >= 4 is 35.0 Å². The Bertz CT molecular complexity index is 1460. The number of hydrogen-bond acceptors (Lipinski definition) is 7. The minimum absolute atomic E-state index is 0.129. The molecule has 3 aromatic carbocycles. The smallest absolute Gasteiger partial charge is 0.329 e. The Balaban J connectivity index is 1.66. The third-order valence-electron chi connectivity index (χ3n) is 7.62. The molecule has 0 bridgehead atoms. The summed E-state index contributed by atoms with van der Waals surface area (Å²) in [5, 5.41) is 11.3. The number of ketones is 2. The predicted molar refractivity (Wildman–Crippen MR) is 131 cm³/mol. The third kappa shape index (κ3) is 2.66. The largest absolute Gasteiger partial charge is 0.467 e. The molecule has 3 aromatic rings. The van der Waals surface area contributed by atoms with Gasteiger partial charge in [-0.15, -0.1) is 0 Å². The van der Waals surface area contributed by atoms with Gasteiger partial charge < -0.3 is 9.64 Å². The first kappa shape index (κ1) is 21.9. The number of ether oxygens (including phenoxy) is 1. The van der Waals surface area contributed by atoms with E-state index in [9.17, 15) is 24.5 Å². The van der Waals surface area contributed by atoms with E-state index in [1.165, 1.54) is 31.4 Å². The molecule has 2 aliphatic heterocycles. The first-order chi connectivity index (χ1) is 17.4. The van der Waals surface area contributed by atoms with Gasteiger partial charge in [-0.1, -0.05) is 66.7 Å². The van der Waals surface area contributed by atoms with Crippen molar-refractivity contribution in [1.29, 1.82) is 0 Å². The van der Waals surface area contributed by atoms with Gasteiger partial charge in [-0.2, -0.15) is 0 Å². The van der Waals surface area contributed by atoms with E-state index in [2.05, 4.69) is 0 Å². The molecule has 0 radical (unpaired) electrons. The molecule has 0 aromatic heterocycles. The molecule has 36 heavy (non-hydrogen) atoms. The van der Waals surface area contributed by atoms with Crippen LogP contribution in [0.25, 0.3) is 6.08 Å². The van der Waals surface area contributed by atoms with Gasteiger partial charge in [-0.05, 0) is 17.2 Å². The van der Waals surface area contributed by atoms with Gasteiger partial charge in [0.1, 0.15) is 11.5 Å². The topological polar surface area (TPSA) is 107 Å². The Morgan fingerprint density at radius 3 is 2.17 bits per heavy atom. The Morgan fingerprint density at radius 2 is 1.56 bits per heavy atom. The van der Waals surface area contributed by atoms with Gasteiger partial charge in [0.05, 0.1) is 18.1 Å². The predicted octanol–water partition coefficient (Wildman–Crippen LogP) is 4.20. The SMILES string of the molecule is COC(=O)[C@H]1[C@H](c2ccc([N+](=O)[O-])cc2)C2(C(=O)c3ccccc3C2=O)[C@H]2C=Cc3ccccc3N12. The normalized spacial score (nSPS) is 22.8. The van der Waals surface area contributed by atoms with Crippen molar-refractivity contribution in [1.82, 2.24) is 0 Å². The van der Waals surface area contributed by atoms with Crippen molar-refractivity contribution in [3.8, 4) is 0 Å². The van der Waals surface area contributed by atoms with Crippen LogP contribution >= 0.6 is 0 Å². The van der Waals surface area contributed by atoms with Gasteiger partial charge in [-0.25, -0.2) is 4.79 Å². The quantitative estimate of drug-likeness (QED) is 0.239. The number of nitro benzene ring substituents is 1. The Morgan fingerprint density at radius 1 is 0.944 bits per heavy atom. The highest BCUT2D eigenvalue weighted by atomic mass is 16.6. The molecule has 1 spiro atoms. The fourth-order valence-corrected chi connectivity index (χ4v) is 6.19. The zero-order chi connectivity index (χ0) is 25.2. The monoisotopic (exact) mass is 480 g/mol. The summed E-state index contributed by atoms with van der Waals surface area (Å²) in [5.74, 6) is -2.27. The Kier molecular flexibility index (Phi) is 4.69. The first-order valence-corrected chi connectivity index (χ1v) is 11.5. The Hall–Kier alpha value is -4.59. The summed E-state index contributed by atoms with van der Waals surface area (Å²) in [6.45, 7) is 0. The average Bonchev–Trinajstić information content (AvgIpc) is 3.35. The van der Waals surface area contributed by atoms with Crippen molar-refractivity contribution in [3.63, 3.8) is 0 Å². The van der Waals surface area contributed by atoms with Crippen LogP contribution in [0, 0.1) is 15.5 Å². The van der Waals surface area contributed by atoms with Crippen molar-refractivity contribution in [2.75, 3.05) is 12.0 Å². The number of rotatable bonds is 3. The van der Waals surface area contributed by atoms with Crippen molar-refractivity contribution in [2.45, 2.75) is 18.0 Å². The summed E-state index contributed by atoms with van der Waals surface area (Å²) in [6, 6.07) is 18.1. The standard InChI is InChI=1S/C28H20N2O6/c1-36-27(33)24-23(17-10-13-18(14-11-17)30(34)35)28(25(31)19-7-3-4-8-20(19)26(28)32)22-15-12-16-6-2-5-9-21(16)29(22)24/h2-15,22-24H,1H3/t22-,23+,24-/m1/s1. The van der Waals surface area contributed by atoms with Crippen molar-refractivity contribution in [2.24, 2.45) is 5.41 Å². The number of hydrogen-bond donors (Lipinski definition) is 0. The van der Waals surface area contributed by atoms with Gasteiger partial charge in [0.25, 0.3) is 5.69 Å². The maximum Gasteiger partial charge on any atom is 0.329 e. The van der Waals surface area contributed by atoms with E-state index in [-0.39, 0.29) is 17.3 Å². The van der Waals surface area contributed by atoms with Crippen LogP contribution < -0.4 is 4.90 Å². The van der Waals surface area contributed by atoms with E-state index >= 15 is 0 Å². The molecule has 0 saturated carbocycles. The lowest BCUT2D eigenvalue weighted by molar-refractivity contribution is -0.384. The first-order valence-electron chi connectivity index (χ1n) is 11.5. The number of benzene rings is 3. The number of non-ortho nitro benzene ring substituents is 1. The zero-order valence-corrected chi connectivity index (χ0v) is 19.2. The van der Waals surface area contributed by atoms with Gasteiger partial charge in [0.2, 0.25) is 0 Å². The number of anilines is 1. The number of nitrogens with zero attached hydrogens (tertiary/aromatic N) is 2. The average molecular weight is 480 g/mol. The highest BCUT2D eigenvalue weighted by Gasteiger charge is 2.71. The van der Waals surface area contributed by atoms with E-state index in [0.29, 0.717) is 22.4 Å². The van der Waals surface area contributed by atoms with Crippen LogP contribution in [0.3, 0.4) is 0 Å². The second-order valence-corrected chi connectivity index (χ2v) is 9.14. The summed E-state index contributed by atoms with van der Waals surface area (Å²) in [5.41, 5.74) is 0.877. The van der Waals surface area contributed by atoms with Gasteiger partial charge in [-0.3, -0.25) is 19.7 Å². The van der Waals surface area contributed by atoms with E-state index in [0.717, 1.165) is 5.56 Å². The number of carbonyl (C=O) groups excluding carboxylic acids is 3. The number of esters is 1. The van der Waals surface area contributed by atoms with E-state index in [1.807, 2.05) is 41.3 Å². The molecule has 6 rings (SSSR count). The molecular formula is C28H20N2O6. The van der Waals surface area contributed by atoms with Crippen LogP contribution in [0.2, 0.25) is 0 Å². The summed E-state index contributed by atoms with van der Waals surface area (Å²) in [6.07, 6.45) is 3.68. The second-order valence-electron chi connectivity index (χ2n) is 9.14. The van der Waals surface area contributed by atoms with Crippen LogP contribution in [-0.2, 0) is 9.53 Å². The number of nitro groups is 1. The lowest BCUT2D eigenvalue weighted by atomic mass is 9.65. The molecule has 3 aliphatic rings. The summed E-state index contributed by atoms with van der Waals surface area (Å²) in [7, 11) is 1.27. The van der Waals surface area contributed by atoms with Crippen molar-refractivity contribution < 1.29 is 24.0 Å². The highest BCUT2D eigenvalue weighted by Crippen LogP contribution is 2.60. The van der Waals surface area contributed by atoms with Crippen LogP contribution in [0.5, 0.6) is 0 Å². The van der Waals surface area contributed by atoms with Crippen LogP contribution in [0.4, 0.5) is 11.4 Å². The minimum Gasteiger partial charge on any atom is -0.467 e. The van der Waals surface area contributed by atoms with E-state index in [1.54, 1.807) is 24.3 Å². The number of methoxy groups -OCH3 is 1. The molecule has 178 valence electrons. The van der Waals surface area contributed by atoms with Gasteiger partial charge in [0.15, 0.2) is 11.6 Å². The maximum absolute atomic E-state index is 14.3. The summed E-state index contributed by atoms with van der Waals surface area (Å²) < 4.78 is 5.23. The van der Waals surface area contributed by atoms with Crippen LogP contribution in [0.1, 0.15) is 37.8 Å². The number of fused-ring (bicyclic) bond motifs is 5. The van der Waals surface area contributed by atoms with Crippen LogP contribution in [0.15, 0.2) is 78.9 Å². The molecule has 0 unspecified atom stereocenters. The summed E-state index contributed by atoms with van der Waals surface area (Å²) >= 11 is 0. The molecule has 1 aliphatic carbocycles. The molecule has 2 heterocycles. The maximum atomic E-state index is 14.3. The van der Waals surface area contributed by atoms with Gasteiger partial charge in [0, 0.05) is 34.9 Å². The number of para-hydroxylation sites is 1. The molecule has 1 saturated heterocycles. The van der Waals surface area contributed by atoms with E-state index in [4.69, 9.17) is 4.74 Å². The fraction of sp³-hybridized carbons (Fsp3) is 0.179. The van der Waals surface area contributed by atoms with Crippen molar-refractivity contribution in [3.05, 3.63) is 111 Å². The molecule has 3 atom stereocenters. The third-order valence-corrected chi connectivity index (χ3v) is 7.62. The van der Waals surface area contributed by atoms with E-state index < -0.39 is 34.3 Å². The zero-order valence-electron chi connectivity index (χ0n) is 19.2. The molecule has 1 fully saturated rings. The minimum atomic E-state index is -1.65. The Labute approximate surface area is 205 Å². The molecular weight excluding hydrogens is 460 g/mol. The lowest BCUT2D eigenvalue weighted by Gasteiger charge is -2.36. The number of Topliss-reactive ketones (excluding diaryl/α,β-unsaturated/α-hetero) is 2. The highest BCUT2D eigenvalue weighted by molar-refractivity contribution is 6.32. The molecule has 0 amide bonds. The molecule has 0 N–H and O–H groups in total. The van der Waals surface area contributed by atoms with Crippen LogP contribution in [-0.4, -0.2) is 41.7 Å². The number of carbonyl (C=O) groups is 3. The van der Waals surface area contributed by atoms with Gasteiger partial charge >= 0.3 is 5.97 Å². The second kappa shape index (κ2) is 7.71. The molecule has 8 nitrogen and oxygen atoms in total. The molecule has 8 heteroatoms. The fourth-order valence-electron chi connectivity index (χ4n) is 6.19. The lowest BCUT2D eigenvalue weighted by Crippen LogP contribution is -2.48.